The summed E-state index contributed by atoms with van der Waals surface area (Å²) in [7, 11) is 1.52. The maximum Gasteiger partial charge on any atom is 0.387 e. The second kappa shape index (κ2) is 10.1. The van der Waals surface area contributed by atoms with Gasteiger partial charge in [0.15, 0.2) is 6.61 Å². The fourth-order valence-corrected chi connectivity index (χ4v) is 2.20. The zero-order valence-electron chi connectivity index (χ0n) is 15.0. The quantitative estimate of drug-likeness (QED) is 0.508. The van der Waals surface area contributed by atoms with Gasteiger partial charge in [0.05, 0.1) is 0 Å². The van der Waals surface area contributed by atoms with Gasteiger partial charge in [-0.05, 0) is 41.5 Å². The summed E-state index contributed by atoms with van der Waals surface area (Å²) >= 11 is 0. The lowest BCUT2D eigenvalue weighted by molar-refractivity contribution is -0.147. The van der Waals surface area contributed by atoms with Crippen LogP contribution in [0.15, 0.2) is 54.6 Å². The Morgan fingerprint density at radius 3 is 2.50 bits per heavy atom. The van der Waals surface area contributed by atoms with Gasteiger partial charge in [-0.25, -0.2) is 9.18 Å². The zero-order chi connectivity index (χ0) is 20.5. The van der Waals surface area contributed by atoms with Crippen LogP contribution in [0.2, 0.25) is 0 Å². The molecule has 2 aromatic rings. The molecule has 0 heterocycles. The number of hydrogen-bond acceptors (Lipinski definition) is 4. The Morgan fingerprint density at radius 1 is 1.14 bits per heavy atom. The van der Waals surface area contributed by atoms with Crippen LogP contribution in [0.5, 0.6) is 5.75 Å². The van der Waals surface area contributed by atoms with E-state index in [4.69, 9.17) is 4.74 Å². The van der Waals surface area contributed by atoms with Crippen LogP contribution in [0.25, 0.3) is 6.08 Å². The van der Waals surface area contributed by atoms with Gasteiger partial charge in [0, 0.05) is 19.7 Å². The van der Waals surface area contributed by atoms with E-state index in [-0.39, 0.29) is 12.3 Å². The minimum Gasteiger partial charge on any atom is -0.452 e. The summed E-state index contributed by atoms with van der Waals surface area (Å²) in [6.45, 7) is -3.17. The van der Waals surface area contributed by atoms with Crippen molar-refractivity contribution in [3.05, 3.63) is 71.6 Å². The number of halogens is 3. The highest BCUT2D eigenvalue weighted by Crippen LogP contribution is 2.15. The van der Waals surface area contributed by atoms with Gasteiger partial charge < -0.3 is 14.4 Å². The number of alkyl halides is 2. The van der Waals surface area contributed by atoms with Crippen LogP contribution >= 0.6 is 0 Å². The van der Waals surface area contributed by atoms with Gasteiger partial charge in [-0.1, -0.05) is 24.3 Å². The zero-order valence-corrected chi connectivity index (χ0v) is 15.0. The number of hydrogen-bond donors (Lipinski definition) is 0. The molecule has 0 unspecified atom stereocenters. The molecule has 0 N–H and O–H groups in total. The molecule has 0 aromatic heterocycles. The van der Waals surface area contributed by atoms with Crippen molar-refractivity contribution in [2.75, 3.05) is 13.7 Å². The number of likely N-dealkylation sites (N-methyl/N-ethyl adjacent to an activating group) is 1. The van der Waals surface area contributed by atoms with Gasteiger partial charge in [0.2, 0.25) is 0 Å². The monoisotopic (exact) mass is 393 g/mol. The molecule has 0 aliphatic rings. The highest BCUT2D eigenvalue weighted by molar-refractivity contribution is 5.89. The van der Waals surface area contributed by atoms with E-state index in [1.807, 2.05) is 0 Å². The summed E-state index contributed by atoms with van der Waals surface area (Å²) in [5, 5.41) is 0. The average molecular weight is 393 g/mol. The molecule has 2 rings (SSSR count). The fraction of sp³-hybridized carbons (Fsp3) is 0.200. The molecule has 1 amide bonds. The molecule has 2 aromatic carbocycles. The van der Waals surface area contributed by atoms with Crippen LogP contribution in [0.1, 0.15) is 11.1 Å². The number of carbonyl (C=O) groups is 2. The molecule has 148 valence electrons. The summed E-state index contributed by atoms with van der Waals surface area (Å²) in [5.41, 5.74) is 1.18. The second-order valence-electron chi connectivity index (χ2n) is 5.77. The van der Waals surface area contributed by atoms with Crippen molar-refractivity contribution in [1.82, 2.24) is 4.90 Å². The Hall–Kier alpha value is -3.29. The highest BCUT2D eigenvalue weighted by Gasteiger charge is 2.12. The number of nitrogens with zero attached hydrogens (tertiary/aromatic N) is 1. The maximum atomic E-state index is 13.1. The number of ether oxygens (including phenoxy) is 2. The smallest absolute Gasteiger partial charge is 0.387 e. The van der Waals surface area contributed by atoms with E-state index < -0.39 is 30.9 Å². The number of carbonyl (C=O) groups excluding carboxylic acids is 2. The van der Waals surface area contributed by atoms with Crippen molar-refractivity contribution in [3.8, 4) is 5.75 Å². The van der Waals surface area contributed by atoms with Gasteiger partial charge in [-0.15, -0.1) is 0 Å². The van der Waals surface area contributed by atoms with Crippen LogP contribution in [-0.2, 0) is 20.9 Å². The molecule has 8 heteroatoms. The van der Waals surface area contributed by atoms with Crippen molar-refractivity contribution < 1.29 is 32.2 Å². The largest absolute Gasteiger partial charge is 0.452 e. The van der Waals surface area contributed by atoms with Crippen molar-refractivity contribution in [1.29, 1.82) is 0 Å². The maximum absolute atomic E-state index is 13.1. The minimum atomic E-state index is -2.90. The van der Waals surface area contributed by atoms with Crippen molar-refractivity contribution in [3.63, 3.8) is 0 Å². The third-order valence-electron chi connectivity index (χ3n) is 3.59. The molecule has 0 spiro atoms. The number of esters is 1. The van der Waals surface area contributed by atoms with Gasteiger partial charge in [-0.2, -0.15) is 8.78 Å². The van der Waals surface area contributed by atoms with E-state index in [1.165, 1.54) is 48.4 Å². The van der Waals surface area contributed by atoms with Gasteiger partial charge in [0.1, 0.15) is 11.6 Å². The first-order chi connectivity index (χ1) is 13.3. The second-order valence-corrected chi connectivity index (χ2v) is 5.77. The molecule has 0 aliphatic heterocycles. The van der Waals surface area contributed by atoms with Gasteiger partial charge >= 0.3 is 12.6 Å². The Morgan fingerprint density at radius 2 is 1.86 bits per heavy atom. The van der Waals surface area contributed by atoms with Crippen LogP contribution < -0.4 is 4.74 Å². The molecular weight excluding hydrogens is 375 g/mol. The Labute approximate surface area is 160 Å². The SMILES string of the molecule is CN(Cc1ccc(OC(F)F)cc1)C(=O)COC(=O)/C=C/c1cccc(F)c1. The molecule has 0 fully saturated rings. The average Bonchev–Trinajstić information content (AvgIpc) is 2.65. The number of rotatable bonds is 8. The summed E-state index contributed by atoms with van der Waals surface area (Å²) in [6, 6.07) is 11.5. The van der Waals surface area contributed by atoms with E-state index in [0.29, 0.717) is 11.1 Å². The fourth-order valence-electron chi connectivity index (χ4n) is 2.20. The summed E-state index contributed by atoms with van der Waals surface area (Å²) < 4.78 is 46.4. The third kappa shape index (κ3) is 7.14. The molecular formula is C20H18F3NO4. The molecule has 28 heavy (non-hydrogen) atoms. The first kappa shape index (κ1) is 21.0. The highest BCUT2D eigenvalue weighted by atomic mass is 19.3. The topological polar surface area (TPSA) is 55.8 Å². The lowest BCUT2D eigenvalue weighted by atomic mass is 10.2. The molecule has 0 saturated carbocycles. The van der Waals surface area contributed by atoms with Crippen LogP contribution in [0, 0.1) is 5.82 Å². The Bertz CT molecular complexity index is 838. The van der Waals surface area contributed by atoms with Crippen molar-refractivity contribution >= 4 is 18.0 Å². The minimum absolute atomic E-state index is 0.0201. The van der Waals surface area contributed by atoms with E-state index in [2.05, 4.69) is 4.74 Å². The van der Waals surface area contributed by atoms with E-state index in [0.717, 1.165) is 6.08 Å². The predicted molar refractivity (Wildman–Crippen MR) is 95.9 cm³/mol. The summed E-state index contributed by atoms with van der Waals surface area (Å²) in [6.07, 6.45) is 2.48. The number of benzene rings is 2. The van der Waals surface area contributed by atoms with Crippen LogP contribution in [0.3, 0.4) is 0 Å². The Balaban J connectivity index is 1.79. The van der Waals surface area contributed by atoms with E-state index >= 15 is 0 Å². The van der Waals surface area contributed by atoms with Crippen LogP contribution in [-0.4, -0.2) is 37.0 Å². The van der Waals surface area contributed by atoms with E-state index in [1.54, 1.807) is 18.2 Å². The van der Waals surface area contributed by atoms with Crippen LogP contribution in [0.4, 0.5) is 13.2 Å². The lowest BCUT2D eigenvalue weighted by Crippen LogP contribution is -2.30. The molecule has 0 bridgehead atoms. The number of amides is 1. The Kier molecular flexibility index (Phi) is 7.62. The van der Waals surface area contributed by atoms with Crippen molar-refractivity contribution in [2.45, 2.75) is 13.2 Å². The predicted octanol–water partition coefficient (Wildman–Crippen LogP) is 3.64. The molecule has 0 saturated heterocycles. The molecule has 0 aliphatic carbocycles. The lowest BCUT2D eigenvalue weighted by Gasteiger charge is -2.17. The van der Waals surface area contributed by atoms with E-state index in [9.17, 15) is 22.8 Å². The normalized spacial score (nSPS) is 10.9. The summed E-state index contributed by atoms with van der Waals surface area (Å²) in [4.78, 5) is 25.0. The molecule has 0 atom stereocenters. The first-order valence-corrected chi connectivity index (χ1v) is 8.21. The van der Waals surface area contributed by atoms with Gasteiger partial charge in [0.25, 0.3) is 5.91 Å². The van der Waals surface area contributed by atoms with Crippen molar-refractivity contribution in [2.24, 2.45) is 0 Å². The molecule has 5 nitrogen and oxygen atoms in total. The molecule has 0 radical (unpaired) electrons. The first-order valence-electron chi connectivity index (χ1n) is 8.21. The standard InChI is InChI=1S/C20H18F3NO4/c1-24(12-15-5-8-17(9-6-15)28-20(22)23)18(25)13-27-19(26)10-7-14-3-2-4-16(21)11-14/h2-11,20H,12-13H2,1H3/b10-7+. The third-order valence-corrected chi connectivity index (χ3v) is 3.59. The van der Waals surface area contributed by atoms with Gasteiger partial charge in [-0.3, -0.25) is 4.79 Å². The summed E-state index contributed by atoms with van der Waals surface area (Å²) in [5.74, 6) is -1.59.